The van der Waals surface area contributed by atoms with Crippen molar-refractivity contribution in [3.8, 4) is 0 Å². The minimum absolute atomic E-state index is 0.0870. The van der Waals surface area contributed by atoms with Gasteiger partial charge >= 0.3 is 5.97 Å². The molecule has 0 aliphatic rings. The Morgan fingerprint density at radius 2 is 0.812 bits per heavy atom. The zero-order valence-corrected chi connectivity index (χ0v) is 21.8. The first kappa shape index (κ1) is 31.4. The summed E-state index contributed by atoms with van der Waals surface area (Å²) in [4.78, 5) is 11.7. The molecule has 0 saturated carbocycles. The maximum Gasteiger partial charge on any atom is 0.305 e. The summed E-state index contributed by atoms with van der Waals surface area (Å²) >= 11 is 0. The van der Waals surface area contributed by atoms with Gasteiger partial charge in [-0.15, -0.1) is 0 Å². The summed E-state index contributed by atoms with van der Waals surface area (Å²) in [6.07, 6.45) is 24.8. The molecule has 0 aliphatic heterocycles. The predicted molar refractivity (Wildman–Crippen MR) is 136 cm³/mol. The molecule has 0 unspecified atom stereocenters. The summed E-state index contributed by atoms with van der Waals surface area (Å²) < 4.78 is 16.4. The Morgan fingerprint density at radius 1 is 0.438 bits per heavy atom. The van der Waals surface area contributed by atoms with Crippen LogP contribution in [0.2, 0.25) is 0 Å². The summed E-state index contributed by atoms with van der Waals surface area (Å²) in [6, 6.07) is 0. The van der Waals surface area contributed by atoms with Crippen LogP contribution in [0.1, 0.15) is 142 Å². The van der Waals surface area contributed by atoms with E-state index < -0.39 is 0 Å². The monoisotopic (exact) mass is 456 g/mol. The minimum Gasteiger partial charge on any atom is -0.466 e. The standard InChI is InChI=1S/C28H56O4/c1-3-5-7-9-11-12-13-14-15-16-18-20-25-32-28(29)22-21-24-31-27-26-30-23-19-17-10-8-6-4-2/h3-27H2,1-2H3. The molecule has 4 nitrogen and oxygen atoms in total. The van der Waals surface area contributed by atoms with Crippen molar-refractivity contribution in [3.63, 3.8) is 0 Å². The van der Waals surface area contributed by atoms with E-state index in [0.29, 0.717) is 32.8 Å². The van der Waals surface area contributed by atoms with Crippen molar-refractivity contribution in [1.82, 2.24) is 0 Å². The first-order valence-corrected chi connectivity index (χ1v) is 14.1. The fourth-order valence-corrected chi connectivity index (χ4v) is 3.83. The highest BCUT2D eigenvalue weighted by atomic mass is 16.5. The number of esters is 1. The van der Waals surface area contributed by atoms with Gasteiger partial charge in [-0.3, -0.25) is 4.79 Å². The van der Waals surface area contributed by atoms with Gasteiger partial charge in [0.1, 0.15) is 0 Å². The predicted octanol–water partition coefficient (Wildman–Crippen LogP) is 8.40. The lowest BCUT2D eigenvalue weighted by Crippen LogP contribution is -2.09. The third-order valence-electron chi connectivity index (χ3n) is 5.94. The Morgan fingerprint density at radius 3 is 1.28 bits per heavy atom. The Balaban J connectivity index is 3.14. The average molecular weight is 457 g/mol. The lowest BCUT2D eigenvalue weighted by Gasteiger charge is -2.07. The van der Waals surface area contributed by atoms with Gasteiger partial charge in [0, 0.05) is 19.6 Å². The van der Waals surface area contributed by atoms with Crippen LogP contribution in [0, 0.1) is 0 Å². The van der Waals surface area contributed by atoms with E-state index in [4.69, 9.17) is 14.2 Å². The van der Waals surface area contributed by atoms with Crippen molar-refractivity contribution in [3.05, 3.63) is 0 Å². The molecule has 0 rings (SSSR count). The molecule has 192 valence electrons. The Kier molecular flexibility index (Phi) is 27.9. The molecule has 0 N–H and O–H groups in total. The Hall–Kier alpha value is -0.610. The van der Waals surface area contributed by atoms with Gasteiger partial charge in [0.25, 0.3) is 0 Å². The van der Waals surface area contributed by atoms with E-state index in [1.165, 1.54) is 103 Å². The van der Waals surface area contributed by atoms with Crippen LogP contribution in [0.15, 0.2) is 0 Å². The summed E-state index contributed by atoms with van der Waals surface area (Å²) in [6.45, 7) is 7.79. The molecule has 0 aromatic rings. The molecule has 0 heterocycles. The van der Waals surface area contributed by atoms with E-state index in [-0.39, 0.29) is 5.97 Å². The number of unbranched alkanes of at least 4 members (excludes halogenated alkanes) is 16. The van der Waals surface area contributed by atoms with Gasteiger partial charge in [-0.25, -0.2) is 0 Å². The highest BCUT2D eigenvalue weighted by molar-refractivity contribution is 5.69. The van der Waals surface area contributed by atoms with Gasteiger partial charge in [0.15, 0.2) is 0 Å². The number of hydrogen-bond donors (Lipinski definition) is 0. The van der Waals surface area contributed by atoms with Crippen molar-refractivity contribution in [2.45, 2.75) is 142 Å². The first-order valence-electron chi connectivity index (χ1n) is 14.1. The quantitative estimate of drug-likeness (QED) is 0.0919. The first-order chi connectivity index (χ1) is 15.8. The SMILES string of the molecule is CCCCCCCCCCCCCCOC(=O)CCCOCCOCCCCCCCC. The molecule has 0 aliphatic carbocycles. The molecule has 32 heavy (non-hydrogen) atoms. The molecular weight excluding hydrogens is 400 g/mol. The van der Waals surface area contributed by atoms with Crippen LogP contribution in [-0.4, -0.2) is 39.0 Å². The van der Waals surface area contributed by atoms with Crippen LogP contribution >= 0.6 is 0 Å². The zero-order chi connectivity index (χ0) is 23.4. The number of carbonyl (C=O) groups excluding carboxylic acids is 1. The van der Waals surface area contributed by atoms with E-state index in [2.05, 4.69) is 13.8 Å². The van der Waals surface area contributed by atoms with Crippen molar-refractivity contribution in [2.75, 3.05) is 33.0 Å². The third-order valence-corrected chi connectivity index (χ3v) is 5.94. The van der Waals surface area contributed by atoms with Gasteiger partial charge in [0.05, 0.1) is 19.8 Å². The van der Waals surface area contributed by atoms with E-state index in [1.54, 1.807) is 0 Å². The summed E-state index contributed by atoms with van der Waals surface area (Å²) in [7, 11) is 0. The van der Waals surface area contributed by atoms with Gasteiger partial charge in [-0.1, -0.05) is 117 Å². The smallest absolute Gasteiger partial charge is 0.305 e. The molecule has 0 aromatic heterocycles. The summed E-state index contributed by atoms with van der Waals surface area (Å²) in [5.74, 6) is -0.0870. The van der Waals surface area contributed by atoms with E-state index in [1.807, 2.05) is 0 Å². The fraction of sp³-hybridized carbons (Fsp3) is 0.964. The van der Waals surface area contributed by atoms with Crippen LogP contribution in [0.25, 0.3) is 0 Å². The van der Waals surface area contributed by atoms with E-state index in [9.17, 15) is 4.79 Å². The highest BCUT2D eigenvalue weighted by Crippen LogP contribution is 2.12. The number of carbonyl (C=O) groups is 1. The molecule has 0 saturated heterocycles. The molecule has 0 amide bonds. The largest absolute Gasteiger partial charge is 0.466 e. The molecule has 0 aromatic carbocycles. The van der Waals surface area contributed by atoms with Crippen molar-refractivity contribution >= 4 is 5.97 Å². The van der Waals surface area contributed by atoms with E-state index in [0.717, 1.165) is 25.9 Å². The number of hydrogen-bond acceptors (Lipinski definition) is 4. The van der Waals surface area contributed by atoms with Crippen LogP contribution in [0.5, 0.6) is 0 Å². The second-order valence-corrected chi connectivity index (χ2v) is 9.21. The lowest BCUT2D eigenvalue weighted by molar-refractivity contribution is -0.144. The topological polar surface area (TPSA) is 44.8 Å². The number of rotatable bonds is 27. The normalized spacial score (nSPS) is 11.2. The van der Waals surface area contributed by atoms with E-state index >= 15 is 0 Å². The fourth-order valence-electron chi connectivity index (χ4n) is 3.83. The average Bonchev–Trinajstić information content (AvgIpc) is 2.80. The summed E-state index contributed by atoms with van der Waals surface area (Å²) in [5, 5.41) is 0. The zero-order valence-electron chi connectivity index (χ0n) is 21.8. The van der Waals surface area contributed by atoms with Crippen LogP contribution in [0.3, 0.4) is 0 Å². The molecule has 0 radical (unpaired) electrons. The van der Waals surface area contributed by atoms with Crippen molar-refractivity contribution in [1.29, 1.82) is 0 Å². The van der Waals surface area contributed by atoms with Crippen LogP contribution in [0.4, 0.5) is 0 Å². The molecule has 4 heteroatoms. The maximum absolute atomic E-state index is 11.7. The van der Waals surface area contributed by atoms with Gasteiger partial charge in [-0.2, -0.15) is 0 Å². The van der Waals surface area contributed by atoms with Crippen molar-refractivity contribution < 1.29 is 19.0 Å². The Bertz CT molecular complexity index is 327. The number of ether oxygens (including phenoxy) is 3. The lowest BCUT2D eigenvalue weighted by atomic mass is 10.1. The molecule has 0 spiro atoms. The molecule has 0 bridgehead atoms. The maximum atomic E-state index is 11.7. The highest BCUT2D eigenvalue weighted by Gasteiger charge is 2.02. The minimum atomic E-state index is -0.0870. The third kappa shape index (κ3) is 27.4. The molecule has 0 atom stereocenters. The van der Waals surface area contributed by atoms with Gasteiger partial charge in [-0.05, 0) is 19.3 Å². The summed E-state index contributed by atoms with van der Waals surface area (Å²) in [5.41, 5.74) is 0. The molecule has 0 fully saturated rings. The van der Waals surface area contributed by atoms with Crippen molar-refractivity contribution in [2.24, 2.45) is 0 Å². The van der Waals surface area contributed by atoms with Gasteiger partial charge < -0.3 is 14.2 Å². The molecular formula is C28H56O4. The second-order valence-electron chi connectivity index (χ2n) is 9.21. The Labute approximate surface area is 200 Å². The van der Waals surface area contributed by atoms with Gasteiger partial charge in [0.2, 0.25) is 0 Å². The second kappa shape index (κ2) is 28.4. The van der Waals surface area contributed by atoms with Crippen LogP contribution < -0.4 is 0 Å². The van der Waals surface area contributed by atoms with Crippen LogP contribution in [-0.2, 0) is 19.0 Å².